The summed E-state index contributed by atoms with van der Waals surface area (Å²) in [6.45, 7) is 3.43. The number of aliphatic hydroxyl groups excluding tert-OH is 1. The molecule has 122 valence electrons. The van der Waals surface area contributed by atoms with Crippen molar-refractivity contribution in [3.8, 4) is 0 Å². The van der Waals surface area contributed by atoms with Crippen LogP contribution in [-0.2, 0) is 11.2 Å². The van der Waals surface area contributed by atoms with Crippen LogP contribution in [0.15, 0.2) is 6.07 Å². The zero-order valence-corrected chi connectivity index (χ0v) is 13.7. The molecule has 1 aromatic rings. The minimum absolute atomic E-state index is 0.00693. The molecule has 1 saturated heterocycles. The van der Waals surface area contributed by atoms with Crippen LogP contribution in [0.25, 0.3) is 0 Å². The number of likely N-dealkylation sites (N-methyl/N-ethyl adjacent to an activating group) is 1. The van der Waals surface area contributed by atoms with Crippen molar-refractivity contribution in [3.05, 3.63) is 23.3 Å². The SMILES string of the molecule is Cc1cc(CCC(=O)N(C)CCO)nc(C2CCCN2C)n1. The van der Waals surface area contributed by atoms with E-state index in [1.165, 1.54) is 6.42 Å². The van der Waals surface area contributed by atoms with Crippen LogP contribution in [0.1, 0.15) is 42.5 Å². The number of likely N-dealkylation sites (tertiary alicyclic amines) is 1. The summed E-state index contributed by atoms with van der Waals surface area (Å²) in [7, 11) is 3.82. The van der Waals surface area contributed by atoms with E-state index in [0.717, 1.165) is 30.2 Å². The fraction of sp³-hybridized carbons (Fsp3) is 0.688. The fourth-order valence-corrected chi connectivity index (χ4v) is 2.87. The lowest BCUT2D eigenvalue weighted by Crippen LogP contribution is -2.29. The zero-order valence-electron chi connectivity index (χ0n) is 13.7. The average molecular weight is 306 g/mol. The molecule has 0 saturated carbocycles. The first-order valence-electron chi connectivity index (χ1n) is 7.90. The van der Waals surface area contributed by atoms with Crippen molar-refractivity contribution in [2.45, 2.75) is 38.6 Å². The molecule has 2 rings (SSSR count). The van der Waals surface area contributed by atoms with Gasteiger partial charge in [-0.25, -0.2) is 9.97 Å². The van der Waals surface area contributed by atoms with Crippen LogP contribution in [-0.4, -0.2) is 64.6 Å². The predicted molar refractivity (Wildman–Crippen MR) is 84.4 cm³/mol. The summed E-state index contributed by atoms with van der Waals surface area (Å²) < 4.78 is 0. The molecule has 1 fully saturated rings. The topological polar surface area (TPSA) is 69.6 Å². The van der Waals surface area contributed by atoms with Gasteiger partial charge in [0.1, 0.15) is 5.82 Å². The first-order valence-corrected chi connectivity index (χ1v) is 7.90. The fourth-order valence-electron chi connectivity index (χ4n) is 2.87. The Hall–Kier alpha value is -1.53. The minimum atomic E-state index is -0.00693. The molecular weight excluding hydrogens is 280 g/mol. The normalized spacial score (nSPS) is 18.6. The van der Waals surface area contributed by atoms with Crippen LogP contribution in [0.5, 0.6) is 0 Å². The number of hydrogen-bond acceptors (Lipinski definition) is 5. The van der Waals surface area contributed by atoms with Gasteiger partial charge in [-0.3, -0.25) is 9.69 Å². The Labute approximate surface area is 132 Å². The summed E-state index contributed by atoms with van der Waals surface area (Å²) >= 11 is 0. The Morgan fingerprint density at radius 1 is 1.50 bits per heavy atom. The van der Waals surface area contributed by atoms with E-state index < -0.39 is 0 Å². The Bertz CT molecular complexity index is 521. The van der Waals surface area contributed by atoms with Gasteiger partial charge in [-0.1, -0.05) is 0 Å². The predicted octanol–water partition coefficient (Wildman–Crippen LogP) is 0.935. The van der Waals surface area contributed by atoms with E-state index in [0.29, 0.717) is 25.4 Å². The van der Waals surface area contributed by atoms with Gasteiger partial charge in [-0.05, 0) is 45.8 Å². The molecule has 1 aliphatic heterocycles. The lowest BCUT2D eigenvalue weighted by Gasteiger charge is -2.19. The van der Waals surface area contributed by atoms with Gasteiger partial charge in [0.2, 0.25) is 5.91 Å². The van der Waals surface area contributed by atoms with Crippen molar-refractivity contribution in [1.29, 1.82) is 0 Å². The maximum absolute atomic E-state index is 11.9. The van der Waals surface area contributed by atoms with Crippen LogP contribution in [0.3, 0.4) is 0 Å². The van der Waals surface area contributed by atoms with Crippen LogP contribution < -0.4 is 0 Å². The minimum Gasteiger partial charge on any atom is -0.395 e. The monoisotopic (exact) mass is 306 g/mol. The number of nitrogens with zero attached hydrogens (tertiary/aromatic N) is 4. The highest BCUT2D eigenvalue weighted by molar-refractivity contribution is 5.76. The number of carbonyl (C=O) groups excluding carboxylic acids is 1. The van der Waals surface area contributed by atoms with Crippen molar-refractivity contribution >= 4 is 5.91 Å². The highest BCUT2D eigenvalue weighted by Gasteiger charge is 2.25. The molecule has 0 spiro atoms. The number of carbonyl (C=O) groups is 1. The van der Waals surface area contributed by atoms with Crippen molar-refractivity contribution in [2.24, 2.45) is 0 Å². The Morgan fingerprint density at radius 2 is 2.27 bits per heavy atom. The van der Waals surface area contributed by atoms with Gasteiger partial charge in [0.15, 0.2) is 0 Å². The molecule has 1 unspecified atom stereocenters. The average Bonchev–Trinajstić information content (AvgIpc) is 2.90. The molecular formula is C16H26N4O2. The number of aryl methyl sites for hydroxylation is 2. The first kappa shape index (κ1) is 16.8. The van der Waals surface area contributed by atoms with E-state index in [2.05, 4.69) is 21.9 Å². The molecule has 1 N–H and O–H groups in total. The number of rotatable bonds is 6. The molecule has 0 aromatic carbocycles. The molecule has 2 heterocycles. The first-order chi connectivity index (χ1) is 10.5. The zero-order chi connectivity index (χ0) is 16.1. The van der Waals surface area contributed by atoms with Crippen LogP contribution in [0.2, 0.25) is 0 Å². The molecule has 0 aliphatic carbocycles. The highest BCUT2D eigenvalue weighted by Crippen LogP contribution is 2.28. The molecule has 6 nitrogen and oxygen atoms in total. The lowest BCUT2D eigenvalue weighted by molar-refractivity contribution is -0.130. The van der Waals surface area contributed by atoms with E-state index in [9.17, 15) is 4.79 Å². The van der Waals surface area contributed by atoms with E-state index >= 15 is 0 Å². The molecule has 1 amide bonds. The third-order valence-corrected chi connectivity index (χ3v) is 4.20. The summed E-state index contributed by atoms with van der Waals surface area (Å²) in [5, 5.41) is 8.87. The van der Waals surface area contributed by atoms with Crippen LogP contribution in [0.4, 0.5) is 0 Å². The number of aliphatic hydroxyl groups is 1. The van der Waals surface area contributed by atoms with Gasteiger partial charge < -0.3 is 10.0 Å². The maximum atomic E-state index is 11.9. The highest BCUT2D eigenvalue weighted by atomic mass is 16.3. The molecule has 1 aliphatic rings. The van der Waals surface area contributed by atoms with Crippen molar-refractivity contribution < 1.29 is 9.90 Å². The van der Waals surface area contributed by atoms with Gasteiger partial charge in [0.25, 0.3) is 0 Å². The van der Waals surface area contributed by atoms with Crippen LogP contribution in [0, 0.1) is 6.92 Å². The molecule has 6 heteroatoms. The van der Waals surface area contributed by atoms with Gasteiger partial charge in [0.05, 0.1) is 12.6 Å². The van der Waals surface area contributed by atoms with Crippen molar-refractivity contribution in [3.63, 3.8) is 0 Å². The third kappa shape index (κ3) is 4.24. The van der Waals surface area contributed by atoms with Crippen molar-refractivity contribution in [2.75, 3.05) is 33.8 Å². The Balaban J connectivity index is 2.02. The number of hydrogen-bond donors (Lipinski definition) is 1. The van der Waals surface area contributed by atoms with Crippen LogP contribution >= 0.6 is 0 Å². The standard InChI is InChI=1S/C16H26N4O2/c1-12-11-13(6-7-15(22)20(3)9-10-21)18-16(17-12)14-5-4-8-19(14)2/h11,14,21H,4-10H2,1-3H3. The quantitative estimate of drug-likeness (QED) is 0.847. The van der Waals surface area contributed by atoms with Gasteiger partial charge in [-0.2, -0.15) is 0 Å². The molecule has 1 aromatic heterocycles. The second kappa shape index (κ2) is 7.65. The number of amides is 1. The summed E-state index contributed by atoms with van der Waals surface area (Å²) in [6, 6.07) is 2.25. The summed E-state index contributed by atoms with van der Waals surface area (Å²) in [5.74, 6) is 0.913. The molecule has 0 radical (unpaired) electrons. The third-order valence-electron chi connectivity index (χ3n) is 4.20. The maximum Gasteiger partial charge on any atom is 0.222 e. The molecule has 1 atom stereocenters. The smallest absolute Gasteiger partial charge is 0.222 e. The van der Waals surface area contributed by atoms with Crippen molar-refractivity contribution in [1.82, 2.24) is 19.8 Å². The van der Waals surface area contributed by atoms with Gasteiger partial charge in [-0.15, -0.1) is 0 Å². The Kier molecular flexibility index (Phi) is 5.85. The summed E-state index contributed by atoms with van der Waals surface area (Å²) in [5.41, 5.74) is 1.88. The Morgan fingerprint density at radius 3 is 2.91 bits per heavy atom. The molecule has 22 heavy (non-hydrogen) atoms. The van der Waals surface area contributed by atoms with Gasteiger partial charge >= 0.3 is 0 Å². The largest absolute Gasteiger partial charge is 0.395 e. The van der Waals surface area contributed by atoms with E-state index in [-0.39, 0.29) is 12.5 Å². The lowest BCUT2D eigenvalue weighted by atomic mass is 10.1. The second-order valence-electron chi connectivity index (χ2n) is 6.04. The van der Waals surface area contributed by atoms with E-state index in [1.807, 2.05) is 13.0 Å². The summed E-state index contributed by atoms with van der Waals surface area (Å²) in [4.78, 5) is 25.0. The van der Waals surface area contributed by atoms with Gasteiger partial charge in [0, 0.05) is 31.4 Å². The number of aromatic nitrogens is 2. The molecule has 0 bridgehead atoms. The second-order valence-corrected chi connectivity index (χ2v) is 6.04. The van der Waals surface area contributed by atoms with E-state index in [1.54, 1.807) is 11.9 Å². The van der Waals surface area contributed by atoms with E-state index in [4.69, 9.17) is 5.11 Å². The summed E-state index contributed by atoms with van der Waals surface area (Å²) in [6.07, 6.45) is 3.30.